The normalized spacial score (nSPS) is 25.5. The number of nitrogens with zero attached hydrogens (tertiary/aromatic N) is 2. The van der Waals surface area contributed by atoms with E-state index in [0.717, 1.165) is 6.54 Å². The summed E-state index contributed by atoms with van der Waals surface area (Å²) in [6.07, 6.45) is 2.11. The summed E-state index contributed by atoms with van der Waals surface area (Å²) < 4.78 is 24.5. The van der Waals surface area contributed by atoms with E-state index in [9.17, 15) is 13.2 Å². The van der Waals surface area contributed by atoms with Gasteiger partial charge in [0.2, 0.25) is 0 Å². The lowest BCUT2D eigenvalue weighted by Gasteiger charge is -2.43. The molecule has 0 bridgehead atoms. The number of piperazine rings is 1. The molecule has 1 aromatic carbocycles. The molecule has 7 heteroatoms. The van der Waals surface area contributed by atoms with Crippen molar-refractivity contribution in [3.8, 4) is 0 Å². The monoisotopic (exact) mass is 382 g/mol. The highest BCUT2D eigenvalue weighted by atomic mass is 35.5. The second kappa shape index (κ2) is 7.09. The predicted molar refractivity (Wildman–Crippen MR) is 99.7 cm³/mol. The van der Waals surface area contributed by atoms with Crippen molar-refractivity contribution in [1.82, 2.24) is 9.80 Å². The van der Waals surface area contributed by atoms with Crippen molar-refractivity contribution in [3.63, 3.8) is 0 Å². The second-order valence-electron chi connectivity index (χ2n) is 6.99. The lowest BCUT2D eigenvalue weighted by molar-refractivity contribution is 0.0368. The summed E-state index contributed by atoms with van der Waals surface area (Å²) in [7, 11) is -3.13. The first-order valence-corrected chi connectivity index (χ1v) is 10.6. The maximum absolute atomic E-state index is 12.9. The Morgan fingerprint density at radius 1 is 1.16 bits per heavy atom. The van der Waals surface area contributed by atoms with Gasteiger partial charge in [0, 0.05) is 36.3 Å². The quantitative estimate of drug-likeness (QED) is 0.752. The lowest BCUT2D eigenvalue weighted by Crippen LogP contribution is -2.60. The first-order chi connectivity index (χ1) is 11.8. The molecular formula is C18H23ClN2O3S. The van der Waals surface area contributed by atoms with Crippen LogP contribution in [-0.2, 0) is 9.84 Å². The Morgan fingerprint density at radius 2 is 1.80 bits per heavy atom. The maximum atomic E-state index is 12.9. The average Bonchev–Trinajstić information content (AvgIpc) is 2.87. The van der Waals surface area contributed by atoms with E-state index in [1.165, 1.54) is 5.57 Å². The van der Waals surface area contributed by atoms with Gasteiger partial charge in [-0.15, -0.1) is 0 Å². The fourth-order valence-corrected chi connectivity index (χ4v) is 5.70. The number of carbonyl (C=O) groups excluding carboxylic acids is 1. The van der Waals surface area contributed by atoms with E-state index >= 15 is 0 Å². The van der Waals surface area contributed by atoms with Gasteiger partial charge in [0.15, 0.2) is 9.84 Å². The van der Waals surface area contributed by atoms with Crippen molar-refractivity contribution >= 4 is 27.3 Å². The first kappa shape index (κ1) is 18.4. The van der Waals surface area contributed by atoms with Crippen LogP contribution in [0.1, 0.15) is 24.2 Å². The molecule has 2 saturated heterocycles. The van der Waals surface area contributed by atoms with Crippen molar-refractivity contribution in [1.29, 1.82) is 0 Å². The highest BCUT2D eigenvalue weighted by Crippen LogP contribution is 2.28. The Hall–Kier alpha value is -1.37. The zero-order valence-electron chi connectivity index (χ0n) is 14.5. The van der Waals surface area contributed by atoms with Gasteiger partial charge in [-0.2, -0.15) is 0 Å². The zero-order valence-corrected chi connectivity index (χ0v) is 16.1. The minimum atomic E-state index is -3.13. The van der Waals surface area contributed by atoms with Gasteiger partial charge in [-0.3, -0.25) is 9.69 Å². The van der Waals surface area contributed by atoms with E-state index in [4.69, 9.17) is 11.6 Å². The first-order valence-electron chi connectivity index (χ1n) is 8.41. The van der Waals surface area contributed by atoms with Crippen molar-refractivity contribution in [3.05, 3.63) is 46.5 Å². The molecule has 1 aromatic rings. The van der Waals surface area contributed by atoms with Gasteiger partial charge in [0.1, 0.15) is 0 Å². The van der Waals surface area contributed by atoms with Gasteiger partial charge in [-0.25, -0.2) is 8.42 Å². The van der Waals surface area contributed by atoms with Crippen LogP contribution in [0.3, 0.4) is 0 Å². The molecule has 5 nitrogen and oxygen atoms in total. The summed E-state index contributed by atoms with van der Waals surface area (Å²) in [5, 5.41) is 0.574. The highest BCUT2D eigenvalue weighted by Gasteiger charge is 2.47. The zero-order chi connectivity index (χ0) is 18.2. The molecule has 2 aliphatic heterocycles. The maximum Gasteiger partial charge on any atom is 0.254 e. The van der Waals surface area contributed by atoms with Crippen LogP contribution in [0.25, 0.3) is 0 Å². The van der Waals surface area contributed by atoms with Crippen LogP contribution in [-0.4, -0.2) is 67.3 Å². The van der Waals surface area contributed by atoms with Crippen molar-refractivity contribution < 1.29 is 13.2 Å². The van der Waals surface area contributed by atoms with Crippen molar-refractivity contribution in [2.24, 2.45) is 0 Å². The van der Waals surface area contributed by atoms with E-state index in [2.05, 4.69) is 11.0 Å². The highest BCUT2D eigenvalue weighted by molar-refractivity contribution is 7.91. The molecule has 0 aliphatic carbocycles. The number of hydrogen-bond donors (Lipinski definition) is 0. The van der Waals surface area contributed by atoms with Crippen LogP contribution in [0.2, 0.25) is 5.02 Å². The summed E-state index contributed by atoms with van der Waals surface area (Å²) in [4.78, 5) is 16.8. The molecule has 2 aliphatic rings. The van der Waals surface area contributed by atoms with Crippen LogP contribution in [0.4, 0.5) is 0 Å². The van der Waals surface area contributed by atoms with Crippen molar-refractivity contribution in [2.75, 3.05) is 31.1 Å². The number of hydrogen-bond acceptors (Lipinski definition) is 4. The van der Waals surface area contributed by atoms with Gasteiger partial charge in [-0.05, 0) is 38.1 Å². The number of fused-ring (bicyclic) bond motifs is 1. The molecule has 0 radical (unpaired) electrons. The number of amides is 1. The lowest BCUT2D eigenvalue weighted by atomic mass is 10.0. The molecule has 3 rings (SSSR count). The van der Waals surface area contributed by atoms with Gasteiger partial charge in [-0.1, -0.05) is 23.3 Å². The average molecular weight is 383 g/mol. The molecule has 0 saturated carbocycles. The molecule has 136 valence electrons. The third-order valence-corrected chi connectivity index (χ3v) is 6.83. The Morgan fingerprint density at radius 3 is 2.44 bits per heavy atom. The van der Waals surface area contributed by atoms with E-state index in [1.807, 2.05) is 13.8 Å². The second-order valence-corrected chi connectivity index (χ2v) is 9.58. The molecule has 2 fully saturated rings. The molecule has 0 unspecified atom stereocenters. The third-order valence-electron chi connectivity index (χ3n) is 4.88. The van der Waals surface area contributed by atoms with Crippen LogP contribution >= 0.6 is 11.6 Å². The number of rotatable bonds is 3. The largest absolute Gasteiger partial charge is 0.332 e. The van der Waals surface area contributed by atoms with Crippen LogP contribution in [0.5, 0.6) is 0 Å². The fraction of sp³-hybridized carbons (Fsp3) is 0.500. The summed E-state index contributed by atoms with van der Waals surface area (Å²) in [5.41, 5.74) is 1.75. The fourth-order valence-electron chi connectivity index (χ4n) is 3.56. The summed E-state index contributed by atoms with van der Waals surface area (Å²) in [6, 6.07) is 6.33. The van der Waals surface area contributed by atoms with Crippen LogP contribution in [0.15, 0.2) is 35.9 Å². The minimum absolute atomic E-state index is 0.0440. The third kappa shape index (κ3) is 4.07. The molecule has 0 aromatic heterocycles. The van der Waals surface area contributed by atoms with E-state index in [0.29, 0.717) is 23.7 Å². The summed E-state index contributed by atoms with van der Waals surface area (Å²) >= 11 is 5.89. The predicted octanol–water partition coefficient (Wildman–Crippen LogP) is 2.23. The van der Waals surface area contributed by atoms with E-state index in [1.54, 1.807) is 29.2 Å². The number of benzene rings is 1. The molecule has 2 atom stereocenters. The molecular weight excluding hydrogens is 360 g/mol. The van der Waals surface area contributed by atoms with Gasteiger partial charge >= 0.3 is 0 Å². The Bertz CT molecular complexity index is 785. The smallest absolute Gasteiger partial charge is 0.254 e. The molecule has 0 N–H and O–H groups in total. The molecule has 25 heavy (non-hydrogen) atoms. The van der Waals surface area contributed by atoms with Gasteiger partial charge in [0.05, 0.1) is 17.5 Å². The molecule has 2 heterocycles. The van der Waals surface area contributed by atoms with Crippen LogP contribution in [0, 0.1) is 0 Å². The number of carbonyl (C=O) groups is 1. The molecule has 0 spiro atoms. The SMILES string of the molecule is CC(C)=CCN1CCN(C(=O)c2ccc(Cl)cc2)[C@@H]2CS(=O)(=O)C[C@@H]21. The van der Waals surface area contributed by atoms with Gasteiger partial charge < -0.3 is 4.90 Å². The summed E-state index contributed by atoms with van der Waals surface area (Å²) in [6.45, 7) is 6.00. The van der Waals surface area contributed by atoms with Gasteiger partial charge in [0.25, 0.3) is 5.91 Å². The van der Waals surface area contributed by atoms with E-state index < -0.39 is 9.84 Å². The van der Waals surface area contributed by atoms with Crippen molar-refractivity contribution in [2.45, 2.75) is 25.9 Å². The minimum Gasteiger partial charge on any atom is -0.332 e. The van der Waals surface area contributed by atoms with E-state index in [-0.39, 0.29) is 29.5 Å². The Kier molecular flexibility index (Phi) is 5.23. The standard InChI is InChI=1S/C18H23ClN2O3S/c1-13(2)7-8-20-9-10-21(17-12-25(23,24)11-16(17)20)18(22)14-3-5-15(19)6-4-14/h3-7,16-17H,8-12H2,1-2H3/t16-,17+/m0/s1. The number of halogens is 1. The Labute approximate surface area is 154 Å². The number of sulfone groups is 1. The Balaban J connectivity index is 1.84. The summed E-state index contributed by atoms with van der Waals surface area (Å²) in [5.74, 6) is 0.0479. The van der Waals surface area contributed by atoms with Crippen LogP contribution < -0.4 is 0 Å². The topological polar surface area (TPSA) is 57.7 Å². The molecule has 1 amide bonds. The number of allylic oxidation sites excluding steroid dienone is 1.